The number of allylic oxidation sites excluding steroid dienone is 5. The Hall–Kier alpha value is -0.780. The zero-order valence-electron chi connectivity index (χ0n) is 15.8. The molecule has 128 valence electrons. The minimum absolute atomic E-state index is 0.571. The van der Waals surface area contributed by atoms with Crippen LogP contribution in [0.15, 0.2) is 35.5 Å². The van der Waals surface area contributed by atoms with E-state index in [1.54, 1.807) is 5.57 Å². The lowest BCUT2D eigenvalue weighted by atomic mass is 9.53. The van der Waals surface area contributed by atoms with Crippen LogP contribution in [0, 0.1) is 29.1 Å². The highest BCUT2D eigenvalue weighted by Crippen LogP contribution is 2.63. The standard InChI is InChI=1S/C21H30.C2H6/c1-4-16-7-10-20-19-9-6-15-13-14(2)5-8-17(15)18(19)11-12-21(16,20)3;1-2/h4-5,16,18-20H,1,6-13H2,2-3H3;1-2H3/t16-,18?,19?,20?,21?;/m0./s1. The average molecular weight is 313 g/mol. The Morgan fingerprint density at radius 3 is 2.70 bits per heavy atom. The van der Waals surface area contributed by atoms with Crippen LogP contribution in [-0.2, 0) is 0 Å². The molecule has 0 amide bonds. The summed E-state index contributed by atoms with van der Waals surface area (Å²) >= 11 is 0. The Balaban J connectivity index is 0.000000753. The lowest BCUT2D eigenvalue weighted by Crippen LogP contribution is -2.43. The molecule has 0 bridgehead atoms. The maximum Gasteiger partial charge on any atom is -0.0108 e. The Morgan fingerprint density at radius 1 is 1.17 bits per heavy atom. The highest BCUT2D eigenvalue weighted by molar-refractivity contribution is 5.33. The van der Waals surface area contributed by atoms with E-state index >= 15 is 0 Å². The normalized spacial score (nSPS) is 41.8. The third-order valence-corrected chi connectivity index (χ3v) is 7.64. The Bertz CT molecular complexity index is 520. The largest absolute Gasteiger partial charge is 0.103 e. The predicted octanol–water partition coefficient (Wildman–Crippen LogP) is 7.09. The van der Waals surface area contributed by atoms with Gasteiger partial charge in [-0.25, -0.2) is 0 Å². The maximum atomic E-state index is 4.14. The highest BCUT2D eigenvalue weighted by atomic mass is 14.6. The van der Waals surface area contributed by atoms with Crippen molar-refractivity contribution in [3.8, 4) is 0 Å². The van der Waals surface area contributed by atoms with Crippen molar-refractivity contribution in [2.75, 3.05) is 0 Å². The molecule has 4 rings (SSSR count). The Morgan fingerprint density at radius 2 is 1.96 bits per heavy atom. The van der Waals surface area contributed by atoms with E-state index in [9.17, 15) is 0 Å². The summed E-state index contributed by atoms with van der Waals surface area (Å²) in [5.41, 5.74) is 5.89. The van der Waals surface area contributed by atoms with Gasteiger partial charge in [0.1, 0.15) is 0 Å². The molecule has 0 aliphatic heterocycles. The Labute approximate surface area is 144 Å². The first-order valence-electron chi connectivity index (χ1n) is 10.1. The number of hydrogen-bond donors (Lipinski definition) is 0. The molecule has 0 N–H and O–H groups in total. The van der Waals surface area contributed by atoms with Gasteiger partial charge in [0.2, 0.25) is 0 Å². The summed E-state index contributed by atoms with van der Waals surface area (Å²) in [7, 11) is 0. The van der Waals surface area contributed by atoms with Crippen LogP contribution in [0.3, 0.4) is 0 Å². The van der Waals surface area contributed by atoms with Crippen molar-refractivity contribution in [3.05, 3.63) is 35.5 Å². The Kier molecular flexibility index (Phi) is 4.90. The number of hydrogen-bond acceptors (Lipinski definition) is 0. The van der Waals surface area contributed by atoms with Gasteiger partial charge in [-0.1, -0.05) is 49.6 Å². The molecule has 5 atom stereocenters. The molecule has 4 unspecified atom stereocenters. The molecular weight excluding hydrogens is 276 g/mol. The lowest BCUT2D eigenvalue weighted by Gasteiger charge is -2.51. The van der Waals surface area contributed by atoms with Crippen LogP contribution in [0.4, 0.5) is 0 Å². The van der Waals surface area contributed by atoms with Crippen molar-refractivity contribution in [1.82, 2.24) is 0 Å². The molecule has 2 fully saturated rings. The molecule has 0 aromatic carbocycles. The maximum absolute atomic E-state index is 4.14. The van der Waals surface area contributed by atoms with E-state index in [2.05, 4.69) is 32.6 Å². The van der Waals surface area contributed by atoms with Crippen molar-refractivity contribution in [3.63, 3.8) is 0 Å². The molecule has 0 saturated heterocycles. The van der Waals surface area contributed by atoms with Crippen molar-refractivity contribution < 1.29 is 0 Å². The fourth-order valence-electron chi connectivity index (χ4n) is 6.50. The van der Waals surface area contributed by atoms with Crippen LogP contribution < -0.4 is 0 Å². The van der Waals surface area contributed by atoms with Gasteiger partial charge in [-0.15, -0.1) is 6.58 Å². The van der Waals surface area contributed by atoms with Gasteiger partial charge in [0, 0.05) is 0 Å². The molecule has 0 spiro atoms. The van der Waals surface area contributed by atoms with Crippen molar-refractivity contribution >= 4 is 0 Å². The molecule has 4 aliphatic carbocycles. The predicted molar refractivity (Wildman–Crippen MR) is 101 cm³/mol. The van der Waals surface area contributed by atoms with E-state index in [1.807, 2.05) is 25.0 Å². The summed E-state index contributed by atoms with van der Waals surface area (Å²) in [4.78, 5) is 0. The molecule has 0 heterocycles. The smallest absolute Gasteiger partial charge is 0.0108 e. The zero-order valence-corrected chi connectivity index (χ0v) is 15.8. The van der Waals surface area contributed by atoms with Crippen molar-refractivity contribution in [2.45, 2.75) is 79.1 Å². The summed E-state index contributed by atoms with van der Waals surface area (Å²) in [5, 5.41) is 0. The topological polar surface area (TPSA) is 0 Å². The third-order valence-electron chi connectivity index (χ3n) is 7.64. The molecule has 0 nitrogen and oxygen atoms in total. The minimum Gasteiger partial charge on any atom is -0.103 e. The van der Waals surface area contributed by atoms with E-state index in [0.717, 1.165) is 23.7 Å². The van der Waals surface area contributed by atoms with Crippen molar-refractivity contribution in [2.24, 2.45) is 29.1 Å². The van der Waals surface area contributed by atoms with E-state index in [1.165, 1.54) is 51.4 Å². The van der Waals surface area contributed by atoms with Gasteiger partial charge in [0.15, 0.2) is 0 Å². The minimum atomic E-state index is 0.571. The molecule has 0 aromatic rings. The fourth-order valence-corrected chi connectivity index (χ4v) is 6.50. The lowest BCUT2D eigenvalue weighted by molar-refractivity contribution is 0.0257. The summed E-state index contributed by atoms with van der Waals surface area (Å²) in [6.45, 7) is 13.0. The van der Waals surface area contributed by atoms with E-state index < -0.39 is 0 Å². The monoisotopic (exact) mass is 312 g/mol. The van der Waals surface area contributed by atoms with Gasteiger partial charge >= 0.3 is 0 Å². The SMILES string of the molecule is C=C[C@H]1CCC2C3CCC4=C(CC=C(C)C4)C3CCC21C.CC. The average Bonchev–Trinajstić information content (AvgIpc) is 2.92. The number of fused-ring (bicyclic) bond motifs is 4. The fraction of sp³-hybridized carbons (Fsp3) is 0.739. The van der Waals surface area contributed by atoms with Crippen LogP contribution in [0.25, 0.3) is 0 Å². The zero-order chi connectivity index (χ0) is 16.6. The molecule has 0 aromatic heterocycles. The van der Waals surface area contributed by atoms with Crippen molar-refractivity contribution in [1.29, 1.82) is 0 Å². The van der Waals surface area contributed by atoms with Gasteiger partial charge in [0.25, 0.3) is 0 Å². The molecule has 0 heteroatoms. The highest BCUT2D eigenvalue weighted by Gasteiger charge is 2.54. The summed E-state index contributed by atoms with van der Waals surface area (Å²) < 4.78 is 0. The van der Waals surface area contributed by atoms with Crippen LogP contribution in [0.1, 0.15) is 79.1 Å². The molecule has 23 heavy (non-hydrogen) atoms. The first kappa shape index (κ1) is 17.1. The summed E-state index contributed by atoms with van der Waals surface area (Å²) in [6.07, 6.45) is 16.0. The van der Waals surface area contributed by atoms with Crippen LogP contribution >= 0.6 is 0 Å². The van der Waals surface area contributed by atoms with Crippen LogP contribution in [0.5, 0.6) is 0 Å². The van der Waals surface area contributed by atoms with Gasteiger partial charge < -0.3 is 0 Å². The van der Waals surface area contributed by atoms with Gasteiger partial charge in [-0.3, -0.25) is 0 Å². The van der Waals surface area contributed by atoms with Crippen LogP contribution in [0.2, 0.25) is 0 Å². The van der Waals surface area contributed by atoms with Crippen LogP contribution in [-0.4, -0.2) is 0 Å². The first-order chi connectivity index (χ1) is 11.1. The first-order valence-corrected chi connectivity index (χ1v) is 10.1. The molecule has 0 radical (unpaired) electrons. The van der Waals surface area contributed by atoms with E-state index in [-0.39, 0.29) is 0 Å². The molecule has 2 saturated carbocycles. The van der Waals surface area contributed by atoms with E-state index in [4.69, 9.17) is 0 Å². The van der Waals surface area contributed by atoms with E-state index in [0.29, 0.717) is 5.41 Å². The molecule has 4 aliphatic rings. The summed E-state index contributed by atoms with van der Waals surface area (Å²) in [6, 6.07) is 0. The second kappa shape index (κ2) is 6.61. The quantitative estimate of drug-likeness (QED) is 0.453. The summed E-state index contributed by atoms with van der Waals surface area (Å²) in [5.74, 6) is 3.67. The molecular formula is C23H36. The van der Waals surface area contributed by atoms with Gasteiger partial charge in [-0.05, 0) is 87.4 Å². The second-order valence-corrected chi connectivity index (χ2v) is 8.44. The third kappa shape index (κ3) is 2.67. The van der Waals surface area contributed by atoms with Gasteiger partial charge in [-0.2, -0.15) is 0 Å². The van der Waals surface area contributed by atoms with Gasteiger partial charge in [0.05, 0.1) is 0 Å². The second-order valence-electron chi connectivity index (χ2n) is 8.44. The number of rotatable bonds is 1.